The molecule has 3 N–H and O–H groups in total. The lowest BCUT2D eigenvalue weighted by Crippen LogP contribution is -2.13. The van der Waals surface area contributed by atoms with Crippen LogP contribution in [-0.2, 0) is 0 Å². The summed E-state index contributed by atoms with van der Waals surface area (Å²) in [4.78, 5) is 16.1. The number of aromatic nitrogens is 1. The van der Waals surface area contributed by atoms with Gasteiger partial charge in [-0.3, -0.25) is 9.78 Å². The fourth-order valence-electron chi connectivity index (χ4n) is 1.67. The molecule has 1 aromatic carbocycles. The van der Waals surface area contributed by atoms with E-state index in [0.717, 1.165) is 16.9 Å². The number of amides is 1. The maximum atomic E-state index is 12.1. The molecule has 0 saturated heterocycles. The van der Waals surface area contributed by atoms with Gasteiger partial charge in [-0.25, -0.2) is 0 Å². The minimum Gasteiger partial charge on any atom is -0.398 e. The fourth-order valence-corrected chi connectivity index (χ4v) is 1.67. The molecule has 1 aromatic heterocycles. The molecular weight excluding hydrogens is 226 g/mol. The molecule has 1 amide bonds. The zero-order valence-electron chi connectivity index (χ0n) is 10.4. The predicted molar refractivity (Wildman–Crippen MR) is 72.5 cm³/mol. The summed E-state index contributed by atoms with van der Waals surface area (Å²) in [6.07, 6.45) is 1.62. The highest BCUT2D eigenvalue weighted by molar-refractivity contribution is 6.04. The van der Waals surface area contributed by atoms with E-state index in [4.69, 9.17) is 5.73 Å². The van der Waals surface area contributed by atoms with Crippen LogP contribution in [0, 0.1) is 13.8 Å². The Morgan fingerprint density at radius 1 is 1.28 bits per heavy atom. The van der Waals surface area contributed by atoms with Gasteiger partial charge in [0.25, 0.3) is 5.91 Å². The van der Waals surface area contributed by atoms with Crippen molar-refractivity contribution in [2.75, 3.05) is 11.1 Å². The number of carbonyl (C=O) groups excluding carboxylic acids is 1. The topological polar surface area (TPSA) is 68.0 Å². The van der Waals surface area contributed by atoms with Crippen LogP contribution in [0.5, 0.6) is 0 Å². The summed E-state index contributed by atoms with van der Waals surface area (Å²) in [6.45, 7) is 3.73. The first-order chi connectivity index (χ1) is 8.58. The number of nitrogens with two attached hydrogens (primary N) is 1. The van der Waals surface area contributed by atoms with Gasteiger partial charge < -0.3 is 11.1 Å². The first-order valence-corrected chi connectivity index (χ1v) is 5.67. The van der Waals surface area contributed by atoms with Crippen LogP contribution in [0.1, 0.15) is 21.6 Å². The fraction of sp³-hybridized carbons (Fsp3) is 0.143. The van der Waals surface area contributed by atoms with Crippen LogP contribution in [0.2, 0.25) is 0 Å². The molecule has 92 valence electrons. The number of carbonyl (C=O) groups is 1. The third-order valence-electron chi connectivity index (χ3n) is 2.78. The number of nitrogens with zero attached hydrogens (tertiary/aromatic N) is 1. The van der Waals surface area contributed by atoms with E-state index in [9.17, 15) is 4.79 Å². The summed E-state index contributed by atoms with van der Waals surface area (Å²) in [7, 11) is 0. The third kappa shape index (κ3) is 2.48. The highest BCUT2D eigenvalue weighted by Crippen LogP contribution is 2.21. The van der Waals surface area contributed by atoms with E-state index in [1.54, 1.807) is 18.3 Å². The van der Waals surface area contributed by atoms with Crippen LogP contribution in [0.25, 0.3) is 0 Å². The van der Waals surface area contributed by atoms with Gasteiger partial charge in [0, 0.05) is 28.8 Å². The second kappa shape index (κ2) is 4.87. The summed E-state index contributed by atoms with van der Waals surface area (Å²) in [5, 5.41) is 2.85. The quantitative estimate of drug-likeness (QED) is 0.794. The van der Waals surface area contributed by atoms with Crippen LogP contribution < -0.4 is 11.1 Å². The van der Waals surface area contributed by atoms with Crippen molar-refractivity contribution in [3.63, 3.8) is 0 Å². The molecule has 1 heterocycles. The van der Waals surface area contributed by atoms with Gasteiger partial charge in [0.05, 0.1) is 0 Å². The maximum Gasteiger partial charge on any atom is 0.255 e. The third-order valence-corrected chi connectivity index (χ3v) is 2.78. The highest BCUT2D eigenvalue weighted by atomic mass is 16.1. The number of hydrogen-bond acceptors (Lipinski definition) is 3. The van der Waals surface area contributed by atoms with Gasteiger partial charge in [0.1, 0.15) is 0 Å². The van der Waals surface area contributed by atoms with Gasteiger partial charge in [0.2, 0.25) is 0 Å². The van der Waals surface area contributed by atoms with Crippen molar-refractivity contribution in [1.82, 2.24) is 4.98 Å². The van der Waals surface area contributed by atoms with Crippen molar-refractivity contribution in [3.05, 3.63) is 53.3 Å². The van der Waals surface area contributed by atoms with E-state index in [-0.39, 0.29) is 5.91 Å². The summed E-state index contributed by atoms with van der Waals surface area (Å²) in [5.41, 5.74) is 9.47. The molecule has 0 aliphatic heterocycles. The van der Waals surface area contributed by atoms with E-state index in [1.165, 1.54) is 0 Å². The predicted octanol–water partition coefficient (Wildman–Crippen LogP) is 2.53. The molecule has 0 radical (unpaired) electrons. The van der Waals surface area contributed by atoms with Crippen molar-refractivity contribution in [2.45, 2.75) is 13.8 Å². The lowest BCUT2D eigenvalue weighted by atomic mass is 10.1. The number of nitrogen functional groups attached to an aromatic ring is 1. The van der Waals surface area contributed by atoms with Gasteiger partial charge in [-0.2, -0.15) is 0 Å². The summed E-state index contributed by atoms with van der Waals surface area (Å²) >= 11 is 0. The Balaban J connectivity index is 2.24. The van der Waals surface area contributed by atoms with Crippen molar-refractivity contribution in [2.24, 2.45) is 0 Å². The average Bonchev–Trinajstić information content (AvgIpc) is 2.35. The van der Waals surface area contributed by atoms with Crippen molar-refractivity contribution in [1.29, 1.82) is 0 Å². The van der Waals surface area contributed by atoms with Crippen LogP contribution in [0.15, 0.2) is 36.5 Å². The molecule has 2 rings (SSSR count). The number of rotatable bonds is 2. The molecule has 0 aliphatic rings. The van der Waals surface area contributed by atoms with E-state index in [1.807, 2.05) is 32.0 Å². The molecule has 0 atom stereocenters. The smallest absolute Gasteiger partial charge is 0.255 e. The molecule has 0 saturated carbocycles. The number of hydrogen-bond donors (Lipinski definition) is 2. The molecule has 0 spiro atoms. The van der Waals surface area contributed by atoms with Crippen LogP contribution in [0.3, 0.4) is 0 Å². The highest BCUT2D eigenvalue weighted by Gasteiger charge is 2.08. The SMILES string of the molecule is Cc1cc(C(=O)Nc2cccc(N)c2C)ccn1. The number of aryl methyl sites for hydroxylation is 1. The molecule has 0 aliphatic carbocycles. The lowest BCUT2D eigenvalue weighted by molar-refractivity contribution is 0.102. The van der Waals surface area contributed by atoms with Gasteiger partial charge in [-0.15, -0.1) is 0 Å². The Bertz CT molecular complexity index is 593. The Hall–Kier alpha value is -2.36. The molecule has 0 fully saturated rings. The molecule has 0 unspecified atom stereocenters. The Labute approximate surface area is 106 Å². The van der Waals surface area contributed by atoms with Crippen LogP contribution >= 0.6 is 0 Å². The molecule has 4 nitrogen and oxygen atoms in total. The van der Waals surface area contributed by atoms with Crippen LogP contribution in [0.4, 0.5) is 11.4 Å². The van der Waals surface area contributed by atoms with Gasteiger partial charge >= 0.3 is 0 Å². The lowest BCUT2D eigenvalue weighted by Gasteiger charge is -2.10. The number of anilines is 2. The second-order valence-corrected chi connectivity index (χ2v) is 4.16. The minimum atomic E-state index is -0.158. The standard InChI is InChI=1S/C14H15N3O/c1-9-8-11(6-7-16-9)14(18)17-13-5-3-4-12(15)10(13)2/h3-8H,15H2,1-2H3,(H,17,18). The van der Waals surface area contributed by atoms with Crippen molar-refractivity contribution >= 4 is 17.3 Å². The van der Waals surface area contributed by atoms with E-state index in [0.29, 0.717) is 11.3 Å². The number of nitrogens with one attached hydrogen (secondary N) is 1. The second-order valence-electron chi connectivity index (χ2n) is 4.16. The molecular formula is C14H15N3O. The van der Waals surface area contributed by atoms with Gasteiger partial charge in [-0.1, -0.05) is 6.07 Å². The average molecular weight is 241 g/mol. The largest absolute Gasteiger partial charge is 0.398 e. The van der Waals surface area contributed by atoms with E-state index >= 15 is 0 Å². The summed E-state index contributed by atoms with van der Waals surface area (Å²) in [6, 6.07) is 8.88. The molecule has 4 heteroatoms. The monoisotopic (exact) mass is 241 g/mol. The normalized spacial score (nSPS) is 10.1. The van der Waals surface area contributed by atoms with E-state index in [2.05, 4.69) is 10.3 Å². The molecule has 18 heavy (non-hydrogen) atoms. The van der Waals surface area contributed by atoms with Gasteiger partial charge in [0.15, 0.2) is 0 Å². The zero-order valence-corrected chi connectivity index (χ0v) is 10.4. The first-order valence-electron chi connectivity index (χ1n) is 5.67. The Kier molecular flexibility index (Phi) is 3.28. The summed E-state index contributed by atoms with van der Waals surface area (Å²) in [5.74, 6) is -0.158. The van der Waals surface area contributed by atoms with Crippen molar-refractivity contribution in [3.8, 4) is 0 Å². The Morgan fingerprint density at radius 3 is 2.78 bits per heavy atom. The van der Waals surface area contributed by atoms with Crippen molar-refractivity contribution < 1.29 is 4.79 Å². The zero-order chi connectivity index (χ0) is 13.1. The molecule has 2 aromatic rings. The summed E-state index contributed by atoms with van der Waals surface area (Å²) < 4.78 is 0. The van der Waals surface area contributed by atoms with Gasteiger partial charge in [-0.05, 0) is 43.7 Å². The first kappa shape index (κ1) is 12.1. The number of pyridine rings is 1. The van der Waals surface area contributed by atoms with Crippen LogP contribution in [-0.4, -0.2) is 10.9 Å². The minimum absolute atomic E-state index is 0.158. The number of benzene rings is 1. The Morgan fingerprint density at radius 2 is 2.06 bits per heavy atom. The maximum absolute atomic E-state index is 12.1. The molecule has 0 bridgehead atoms. The van der Waals surface area contributed by atoms with E-state index < -0.39 is 0 Å².